The van der Waals surface area contributed by atoms with Crippen LogP contribution in [0, 0.1) is 31.1 Å². The van der Waals surface area contributed by atoms with Gasteiger partial charge in [-0.2, -0.15) is 0 Å². The number of aryl methyl sites for hydroxylation is 2. The van der Waals surface area contributed by atoms with Crippen LogP contribution in [-0.2, 0) is 11.4 Å². The zero-order chi connectivity index (χ0) is 28.5. The molecule has 1 aromatic heterocycles. The first kappa shape index (κ1) is 26.5. The second-order valence-electron chi connectivity index (χ2n) is 12.4. The number of thiazole rings is 1. The number of rotatable bonds is 7. The molecule has 2 aromatic carbocycles. The van der Waals surface area contributed by atoms with Crippen molar-refractivity contribution in [3.63, 3.8) is 0 Å². The number of nitrogens with zero attached hydrogens (tertiary/aromatic N) is 3. The average molecular weight is 574 g/mol. The highest BCUT2D eigenvalue weighted by Crippen LogP contribution is 2.78. The van der Waals surface area contributed by atoms with Crippen molar-refractivity contribution in [3.05, 3.63) is 64.0 Å². The number of carboxylic acid groups (broad SMARTS) is 1. The number of piperidine rings is 1. The normalized spacial score (nSPS) is 28.1. The van der Waals surface area contributed by atoms with Gasteiger partial charge in [-0.3, -0.25) is 4.79 Å². The van der Waals surface area contributed by atoms with Crippen LogP contribution < -0.4 is 9.64 Å². The maximum atomic E-state index is 12.9. The summed E-state index contributed by atoms with van der Waals surface area (Å²) in [6.45, 7) is 7.37. The van der Waals surface area contributed by atoms with Crippen molar-refractivity contribution in [2.24, 2.45) is 17.3 Å². The fourth-order valence-corrected chi connectivity index (χ4v) is 8.34. The van der Waals surface area contributed by atoms with Gasteiger partial charge in [0, 0.05) is 59.9 Å². The molecule has 2 saturated heterocycles. The van der Waals surface area contributed by atoms with E-state index in [0.29, 0.717) is 13.2 Å². The van der Waals surface area contributed by atoms with Crippen molar-refractivity contribution >= 4 is 28.3 Å². The van der Waals surface area contributed by atoms with Crippen LogP contribution in [-0.4, -0.2) is 63.8 Å². The molecule has 4 unspecified atom stereocenters. The van der Waals surface area contributed by atoms with E-state index in [2.05, 4.69) is 11.0 Å². The first-order valence-electron chi connectivity index (χ1n) is 14.5. The summed E-state index contributed by atoms with van der Waals surface area (Å²) >= 11 is 1.54. The second kappa shape index (κ2) is 9.56. The maximum Gasteiger partial charge on any atom is 0.336 e. The number of carbonyl (C=O) groups excluding carboxylic acids is 1. The predicted molar refractivity (Wildman–Crippen MR) is 156 cm³/mol. The number of aromatic nitrogens is 1. The number of carbonyl (C=O) groups is 2. The molecule has 4 atom stereocenters. The molecule has 9 heteroatoms. The van der Waals surface area contributed by atoms with Crippen LogP contribution in [0.3, 0.4) is 0 Å². The summed E-state index contributed by atoms with van der Waals surface area (Å²) in [4.78, 5) is 33.8. The molecule has 214 valence electrons. The van der Waals surface area contributed by atoms with E-state index in [4.69, 9.17) is 9.72 Å². The fourth-order valence-electron chi connectivity index (χ4n) is 7.50. The molecule has 0 radical (unpaired) electrons. The molecule has 41 heavy (non-hydrogen) atoms. The van der Waals surface area contributed by atoms with Gasteiger partial charge < -0.3 is 24.7 Å². The zero-order valence-corrected chi connectivity index (χ0v) is 24.2. The van der Waals surface area contributed by atoms with E-state index in [1.54, 1.807) is 11.3 Å². The molecule has 8 nitrogen and oxygen atoms in total. The molecule has 3 aromatic rings. The lowest BCUT2D eigenvalue weighted by molar-refractivity contribution is -0.187. The number of anilines is 1. The van der Waals surface area contributed by atoms with E-state index in [0.717, 1.165) is 83.3 Å². The number of hydrogen-bond acceptors (Lipinski definition) is 7. The summed E-state index contributed by atoms with van der Waals surface area (Å²) in [5, 5.41) is 23.3. The van der Waals surface area contributed by atoms with Crippen molar-refractivity contribution in [2.75, 3.05) is 31.1 Å². The summed E-state index contributed by atoms with van der Waals surface area (Å²) in [6.07, 6.45) is 4.12. The van der Waals surface area contributed by atoms with Crippen molar-refractivity contribution in [2.45, 2.75) is 51.7 Å². The third-order valence-corrected chi connectivity index (χ3v) is 10.8. The Morgan fingerprint density at radius 3 is 2.66 bits per heavy atom. The third kappa shape index (κ3) is 4.15. The van der Waals surface area contributed by atoms with Gasteiger partial charge in [0.15, 0.2) is 10.7 Å². The molecule has 4 fully saturated rings. The van der Waals surface area contributed by atoms with Crippen LogP contribution in [0.15, 0.2) is 41.8 Å². The van der Waals surface area contributed by atoms with Gasteiger partial charge in [0.05, 0.1) is 5.69 Å². The summed E-state index contributed by atoms with van der Waals surface area (Å²) < 4.78 is 6.34. The number of hydrogen-bond donors (Lipinski definition) is 2. The Hall–Kier alpha value is -3.43. The minimum Gasteiger partial charge on any atom is -0.488 e. The highest BCUT2D eigenvalue weighted by Gasteiger charge is 2.86. The van der Waals surface area contributed by atoms with Gasteiger partial charge in [-0.25, -0.2) is 9.78 Å². The Kier molecular flexibility index (Phi) is 6.17. The molecule has 2 saturated carbocycles. The van der Waals surface area contributed by atoms with E-state index in [1.165, 1.54) is 6.42 Å². The quantitative estimate of drug-likeness (QED) is 0.414. The summed E-state index contributed by atoms with van der Waals surface area (Å²) in [7, 11) is 0. The van der Waals surface area contributed by atoms with Gasteiger partial charge in [0.2, 0.25) is 0 Å². The molecular formula is C32H35N3O5S. The SMILES string of the molecule is Cc1ccc(OCc2ccc(C(=O)N3CCCCC3)cc2C)c(-c2csc(N3CC4C5(CC5C4(O)C(=O)O)C3)n2)c1. The first-order valence-corrected chi connectivity index (χ1v) is 15.4. The highest BCUT2D eigenvalue weighted by molar-refractivity contribution is 7.14. The lowest BCUT2D eigenvalue weighted by Crippen LogP contribution is -2.60. The Labute approximate surface area is 243 Å². The average Bonchev–Trinajstić information content (AvgIpc) is 3.24. The van der Waals surface area contributed by atoms with E-state index < -0.39 is 11.6 Å². The van der Waals surface area contributed by atoms with Gasteiger partial charge in [-0.15, -0.1) is 11.3 Å². The van der Waals surface area contributed by atoms with Gasteiger partial charge in [-0.1, -0.05) is 17.7 Å². The molecule has 7 rings (SSSR count). The summed E-state index contributed by atoms with van der Waals surface area (Å²) in [6, 6.07) is 11.9. The van der Waals surface area contributed by atoms with Crippen molar-refractivity contribution < 1.29 is 24.5 Å². The predicted octanol–water partition coefficient (Wildman–Crippen LogP) is 4.90. The van der Waals surface area contributed by atoms with Crippen molar-refractivity contribution in [1.82, 2.24) is 9.88 Å². The zero-order valence-electron chi connectivity index (χ0n) is 23.4. The Balaban J connectivity index is 1.06. The molecule has 2 N–H and O–H groups in total. The highest BCUT2D eigenvalue weighted by atomic mass is 32.1. The van der Waals surface area contributed by atoms with Crippen LogP contribution in [0.4, 0.5) is 5.13 Å². The summed E-state index contributed by atoms with van der Waals surface area (Å²) in [5.41, 5.74) is 3.96. The standard InChI is InChI=1S/C32H35N3O5S/c1-19-6-9-25(40-16-22-8-7-21(13-20(22)2)28(36)34-10-4-3-5-11-34)23(12-19)24-17-41-30(33-24)35-15-27-31(18-35)14-26(31)32(27,39)29(37)38/h6-9,12-13,17,26-27,39H,3-5,10-11,14-16,18H2,1-2H3,(H,37,38). The molecule has 4 aliphatic rings. The van der Waals surface area contributed by atoms with E-state index >= 15 is 0 Å². The van der Waals surface area contributed by atoms with E-state index in [9.17, 15) is 19.8 Å². The van der Waals surface area contributed by atoms with Gasteiger partial charge in [0.1, 0.15) is 12.4 Å². The van der Waals surface area contributed by atoms with Crippen molar-refractivity contribution in [1.29, 1.82) is 0 Å². The monoisotopic (exact) mass is 573 g/mol. The van der Waals surface area contributed by atoms with Gasteiger partial charge >= 0.3 is 5.97 Å². The Morgan fingerprint density at radius 2 is 1.90 bits per heavy atom. The van der Waals surface area contributed by atoms with Crippen LogP contribution in [0.2, 0.25) is 0 Å². The van der Waals surface area contributed by atoms with Gasteiger partial charge in [0.25, 0.3) is 5.91 Å². The van der Waals surface area contributed by atoms with E-state index in [1.807, 2.05) is 54.5 Å². The molecular weight excluding hydrogens is 538 g/mol. The maximum absolute atomic E-state index is 12.9. The molecule has 2 aliphatic heterocycles. The third-order valence-electron chi connectivity index (χ3n) is 9.89. The minimum atomic E-state index is -1.59. The lowest BCUT2D eigenvalue weighted by atomic mass is 9.63. The number of aliphatic hydroxyl groups is 1. The van der Waals surface area contributed by atoms with E-state index in [-0.39, 0.29) is 23.2 Å². The second-order valence-corrected chi connectivity index (χ2v) is 13.2. The Bertz CT molecular complexity index is 1550. The van der Waals surface area contributed by atoms with Crippen LogP contribution in [0.5, 0.6) is 5.75 Å². The lowest BCUT2D eigenvalue weighted by Gasteiger charge is -2.43. The minimum absolute atomic E-state index is 0.0671. The number of benzene rings is 2. The number of ether oxygens (including phenoxy) is 1. The topological polar surface area (TPSA) is 103 Å². The van der Waals surface area contributed by atoms with Crippen LogP contribution in [0.1, 0.15) is 52.7 Å². The number of carboxylic acids is 1. The summed E-state index contributed by atoms with van der Waals surface area (Å²) in [5.74, 6) is -0.632. The molecule has 2 aliphatic carbocycles. The van der Waals surface area contributed by atoms with Gasteiger partial charge in [-0.05, 0) is 74.9 Å². The molecule has 1 spiro atoms. The molecule has 3 heterocycles. The number of likely N-dealkylation sites (tertiary alicyclic amines) is 1. The first-order chi connectivity index (χ1) is 19.7. The number of aliphatic carboxylic acids is 1. The van der Waals surface area contributed by atoms with Crippen LogP contribution in [0.25, 0.3) is 11.3 Å². The molecule has 1 amide bonds. The number of amides is 1. The fraction of sp³-hybridized carbons (Fsp3) is 0.469. The largest absolute Gasteiger partial charge is 0.488 e. The van der Waals surface area contributed by atoms with Crippen molar-refractivity contribution in [3.8, 4) is 17.0 Å². The Morgan fingerprint density at radius 1 is 1.10 bits per heavy atom. The van der Waals surface area contributed by atoms with Crippen LogP contribution >= 0.6 is 11.3 Å². The smallest absolute Gasteiger partial charge is 0.336 e. The molecule has 0 bridgehead atoms.